The van der Waals surface area contributed by atoms with E-state index in [1.54, 1.807) is 0 Å². The fourth-order valence-corrected chi connectivity index (χ4v) is 3.75. The van der Waals surface area contributed by atoms with Gasteiger partial charge in [-0.15, -0.1) is 0 Å². The molecule has 106 valence electrons. The van der Waals surface area contributed by atoms with Crippen molar-refractivity contribution in [3.63, 3.8) is 0 Å². The Morgan fingerprint density at radius 1 is 1.32 bits per heavy atom. The average molecular weight is 280 g/mol. The summed E-state index contributed by atoms with van der Waals surface area (Å²) in [5.74, 6) is 1.63. The Labute approximate surface area is 122 Å². The molecule has 0 bridgehead atoms. The highest BCUT2D eigenvalue weighted by Crippen LogP contribution is 2.34. The van der Waals surface area contributed by atoms with Gasteiger partial charge in [0, 0.05) is 11.1 Å². The molecule has 0 saturated heterocycles. The molecule has 1 N–H and O–H groups in total. The average Bonchev–Trinajstić information content (AvgIpc) is 2.41. The molecular formula is C17H26ClN. The molecule has 1 aliphatic carbocycles. The maximum atomic E-state index is 6.39. The van der Waals surface area contributed by atoms with Gasteiger partial charge in [0.25, 0.3) is 0 Å². The van der Waals surface area contributed by atoms with Gasteiger partial charge in [0.15, 0.2) is 0 Å². The third-order valence-electron chi connectivity index (χ3n) is 4.73. The second-order valence-corrected chi connectivity index (χ2v) is 6.45. The molecule has 1 nitrogen and oxygen atoms in total. The topological polar surface area (TPSA) is 12.0 Å². The van der Waals surface area contributed by atoms with E-state index in [2.05, 4.69) is 44.4 Å². The van der Waals surface area contributed by atoms with Crippen molar-refractivity contribution in [3.05, 3.63) is 34.3 Å². The molecule has 0 amide bonds. The first-order valence-corrected chi connectivity index (χ1v) is 7.94. The van der Waals surface area contributed by atoms with Crippen LogP contribution >= 0.6 is 11.6 Å². The highest BCUT2D eigenvalue weighted by atomic mass is 35.5. The lowest BCUT2D eigenvalue weighted by Crippen LogP contribution is -2.39. The maximum absolute atomic E-state index is 6.39. The summed E-state index contributed by atoms with van der Waals surface area (Å²) >= 11 is 6.39. The summed E-state index contributed by atoms with van der Waals surface area (Å²) in [7, 11) is 2.10. The van der Waals surface area contributed by atoms with E-state index in [0.717, 1.165) is 23.3 Å². The van der Waals surface area contributed by atoms with E-state index in [1.807, 2.05) is 0 Å². The smallest absolute Gasteiger partial charge is 0.0440 e. The molecule has 19 heavy (non-hydrogen) atoms. The minimum absolute atomic E-state index is 0.653. The Balaban J connectivity index is 2.09. The van der Waals surface area contributed by atoms with Crippen molar-refractivity contribution in [1.82, 2.24) is 5.32 Å². The highest BCUT2D eigenvalue weighted by molar-refractivity contribution is 6.31. The zero-order valence-corrected chi connectivity index (χ0v) is 13.1. The van der Waals surface area contributed by atoms with E-state index in [4.69, 9.17) is 11.6 Å². The van der Waals surface area contributed by atoms with Crippen LogP contribution < -0.4 is 5.32 Å². The largest absolute Gasteiger partial charge is 0.317 e. The van der Waals surface area contributed by atoms with Gasteiger partial charge in [-0.1, -0.05) is 37.1 Å². The van der Waals surface area contributed by atoms with Gasteiger partial charge in [0.05, 0.1) is 0 Å². The van der Waals surface area contributed by atoms with Gasteiger partial charge in [0.2, 0.25) is 0 Å². The van der Waals surface area contributed by atoms with Crippen LogP contribution in [-0.4, -0.2) is 13.1 Å². The molecule has 0 aliphatic heterocycles. The number of aryl methyl sites for hydroxylation is 1. The number of hydrogen-bond acceptors (Lipinski definition) is 1. The molecule has 3 atom stereocenters. The minimum Gasteiger partial charge on any atom is -0.317 e. The van der Waals surface area contributed by atoms with E-state index < -0.39 is 0 Å². The molecule has 2 rings (SSSR count). The van der Waals surface area contributed by atoms with Gasteiger partial charge in [-0.2, -0.15) is 0 Å². The fraction of sp³-hybridized carbons (Fsp3) is 0.647. The zero-order valence-electron chi connectivity index (χ0n) is 12.4. The summed E-state index contributed by atoms with van der Waals surface area (Å²) in [4.78, 5) is 0. The van der Waals surface area contributed by atoms with Crippen LogP contribution in [0.2, 0.25) is 5.02 Å². The molecule has 1 aliphatic rings. The van der Waals surface area contributed by atoms with Crippen LogP contribution in [0.15, 0.2) is 18.2 Å². The van der Waals surface area contributed by atoms with Gasteiger partial charge < -0.3 is 5.32 Å². The summed E-state index contributed by atoms with van der Waals surface area (Å²) in [6, 6.07) is 7.13. The third-order valence-corrected chi connectivity index (χ3v) is 5.08. The van der Waals surface area contributed by atoms with Crippen LogP contribution in [0.5, 0.6) is 0 Å². The van der Waals surface area contributed by atoms with Gasteiger partial charge in [-0.05, 0) is 68.7 Å². The Morgan fingerprint density at radius 3 is 2.74 bits per heavy atom. The van der Waals surface area contributed by atoms with E-state index >= 15 is 0 Å². The van der Waals surface area contributed by atoms with Gasteiger partial charge in [-0.25, -0.2) is 0 Å². The molecule has 1 fully saturated rings. The van der Waals surface area contributed by atoms with E-state index in [-0.39, 0.29) is 0 Å². The second-order valence-electron chi connectivity index (χ2n) is 6.04. The predicted octanol–water partition coefficient (Wildman–Crippen LogP) is 4.61. The van der Waals surface area contributed by atoms with Crippen molar-refractivity contribution in [2.45, 2.75) is 52.0 Å². The SMILES string of the molecule is CCC1CCC(NC)C(Cc2ccc(C)cc2Cl)C1. The lowest BCUT2D eigenvalue weighted by Gasteiger charge is -2.36. The van der Waals surface area contributed by atoms with Crippen LogP contribution in [0.25, 0.3) is 0 Å². The molecule has 0 heterocycles. The molecule has 2 heteroatoms. The highest BCUT2D eigenvalue weighted by Gasteiger charge is 2.29. The monoisotopic (exact) mass is 279 g/mol. The minimum atomic E-state index is 0.653. The number of rotatable bonds is 4. The van der Waals surface area contributed by atoms with Crippen molar-refractivity contribution in [2.75, 3.05) is 7.05 Å². The Hall–Kier alpha value is -0.530. The van der Waals surface area contributed by atoms with Crippen LogP contribution in [0.4, 0.5) is 0 Å². The van der Waals surface area contributed by atoms with Crippen LogP contribution in [-0.2, 0) is 6.42 Å². The molecular weight excluding hydrogens is 254 g/mol. The van der Waals surface area contributed by atoms with Crippen LogP contribution in [0, 0.1) is 18.8 Å². The summed E-state index contributed by atoms with van der Waals surface area (Å²) in [6.07, 6.45) is 6.45. The summed E-state index contributed by atoms with van der Waals surface area (Å²) in [5.41, 5.74) is 2.56. The lowest BCUT2D eigenvalue weighted by atomic mass is 9.74. The number of hydrogen-bond donors (Lipinski definition) is 1. The summed E-state index contributed by atoms with van der Waals surface area (Å²) < 4.78 is 0. The summed E-state index contributed by atoms with van der Waals surface area (Å²) in [6.45, 7) is 4.42. The quantitative estimate of drug-likeness (QED) is 0.849. The van der Waals surface area contributed by atoms with E-state index in [9.17, 15) is 0 Å². The van der Waals surface area contributed by atoms with Crippen molar-refractivity contribution in [2.24, 2.45) is 11.8 Å². The van der Waals surface area contributed by atoms with Crippen molar-refractivity contribution in [1.29, 1.82) is 0 Å². The normalized spacial score (nSPS) is 27.5. The second kappa shape index (κ2) is 6.76. The zero-order chi connectivity index (χ0) is 13.8. The standard InChI is InChI=1S/C17H26ClN/c1-4-13-6-8-17(19-3)15(10-13)11-14-7-5-12(2)9-16(14)18/h5,7,9,13,15,17,19H,4,6,8,10-11H2,1-3H3. The van der Waals surface area contributed by atoms with Crippen molar-refractivity contribution in [3.8, 4) is 0 Å². The predicted molar refractivity (Wildman–Crippen MR) is 83.9 cm³/mol. The molecule has 0 radical (unpaired) electrons. The summed E-state index contributed by atoms with van der Waals surface area (Å²) in [5, 5.41) is 4.45. The van der Waals surface area contributed by atoms with Crippen LogP contribution in [0.1, 0.15) is 43.7 Å². The first-order valence-electron chi connectivity index (χ1n) is 7.56. The molecule has 1 saturated carbocycles. The number of halogens is 1. The molecule has 0 spiro atoms. The Kier molecular flexibility index (Phi) is 5.29. The van der Waals surface area contributed by atoms with E-state index in [0.29, 0.717) is 6.04 Å². The van der Waals surface area contributed by atoms with Crippen molar-refractivity contribution < 1.29 is 0 Å². The number of nitrogens with one attached hydrogen (secondary N) is 1. The first kappa shape index (κ1) is 14.9. The van der Waals surface area contributed by atoms with Gasteiger partial charge in [-0.3, -0.25) is 0 Å². The maximum Gasteiger partial charge on any atom is 0.0440 e. The lowest BCUT2D eigenvalue weighted by molar-refractivity contribution is 0.205. The fourth-order valence-electron chi connectivity index (χ4n) is 3.44. The van der Waals surface area contributed by atoms with E-state index in [1.165, 1.54) is 36.8 Å². The van der Waals surface area contributed by atoms with Gasteiger partial charge >= 0.3 is 0 Å². The molecule has 1 aromatic carbocycles. The Bertz CT molecular complexity index is 416. The van der Waals surface area contributed by atoms with Gasteiger partial charge in [0.1, 0.15) is 0 Å². The van der Waals surface area contributed by atoms with Crippen LogP contribution in [0.3, 0.4) is 0 Å². The molecule has 1 aromatic rings. The molecule has 3 unspecified atom stereocenters. The molecule has 0 aromatic heterocycles. The van der Waals surface area contributed by atoms with Crippen molar-refractivity contribution >= 4 is 11.6 Å². The Morgan fingerprint density at radius 2 is 2.11 bits per heavy atom. The first-order chi connectivity index (χ1) is 9.13. The number of benzene rings is 1. The third kappa shape index (κ3) is 3.73.